The third-order valence-corrected chi connectivity index (χ3v) is 2.08. The molecule has 1 heterocycles. The summed E-state index contributed by atoms with van der Waals surface area (Å²) in [4.78, 5) is 10.4. The molecular formula is C7H11ClF3NO2. The van der Waals surface area contributed by atoms with E-state index in [2.05, 4.69) is 5.32 Å². The summed E-state index contributed by atoms with van der Waals surface area (Å²) in [6.07, 6.45) is -3.81. The van der Waals surface area contributed by atoms with Crippen LogP contribution in [0.4, 0.5) is 13.2 Å². The summed E-state index contributed by atoms with van der Waals surface area (Å²) < 4.78 is 36.4. The molecule has 84 valence electrons. The second-order valence-electron chi connectivity index (χ2n) is 3.08. The van der Waals surface area contributed by atoms with Crippen LogP contribution in [0.25, 0.3) is 0 Å². The number of carboxylic acid groups (broad SMARTS) is 1. The van der Waals surface area contributed by atoms with Gasteiger partial charge >= 0.3 is 12.1 Å². The van der Waals surface area contributed by atoms with E-state index in [0.29, 0.717) is 6.42 Å². The molecular weight excluding hydrogens is 223 g/mol. The molecule has 0 aromatic heterocycles. The fraction of sp³-hybridized carbons (Fsp3) is 0.857. The van der Waals surface area contributed by atoms with Gasteiger partial charge in [-0.1, -0.05) is 0 Å². The van der Waals surface area contributed by atoms with Crippen molar-refractivity contribution in [1.29, 1.82) is 0 Å². The van der Waals surface area contributed by atoms with Gasteiger partial charge in [0, 0.05) is 0 Å². The number of hydrogen-bond acceptors (Lipinski definition) is 2. The minimum absolute atomic E-state index is 0. The molecule has 0 unspecified atom stereocenters. The number of carbonyl (C=O) groups is 1. The Morgan fingerprint density at radius 1 is 1.36 bits per heavy atom. The van der Waals surface area contributed by atoms with Gasteiger partial charge in [-0.15, -0.1) is 12.4 Å². The van der Waals surface area contributed by atoms with Crippen molar-refractivity contribution in [2.24, 2.45) is 0 Å². The molecule has 0 saturated carbocycles. The molecule has 0 aromatic carbocycles. The molecule has 1 rings (SSSR count). The van der Waals surface area contributed by atoms with E-state index in [4.69, 9.17) is 5.11 Å². The number of hydrogen-bond donors (Lipinski definition) is 2. The van der Waals surface area contributed by atoms with Crippen molar-refractivity contribution >= 4 is 18.4 Å². The van der Waals surface area contributed by atoms with E-state index in [1.54, 1.807) is 0 Å². The number of aliphatic carboxylic acids is 1. The first-order chi connectivity index (χ1) is 5.91. The lowest BCUT2D eigenvalue weighted by atomic mass is 9.98. The molecule has 2 N–H and O–H groups in total. The summed E-state index contributed by atoms with van der Waals surface area (Å²) in [5.41, 5.74) is 0. The van der Waals surface area contributed by atoms with E-state index in [0.717, 1.165) is 0 Å². The Kier molecular flexibility index (Phi) is 4.67. The third-order valence-electron chi connectivity index (χ3n) is 2.08. The highest BCUT2D eigenvalue weighted by atomic mass is 35.5. The van der Waals surface area contributed by atoms with Gasteiger partial charge in [-0.05, 0) is 19.3 Å². The number of rotatable bonds is 1. The second kappa shape index (κ2) is 4.84. The van der Waals surface area contributed by atoms with Gasteiger partial charge in [0.15, 0.2) is 0 Å². The molecule has 14 heavy (non-hydrogen) atoms. The summed E-state index contributed by atoms with van der Waals surface area (Å²) in [5.74, 6) is -1.21. The van der Waals surface area contributed by atoms with Gasteiger partial charge in [0.2, 0.25) is 0 Å². The maximum absolute atomic E-state index is 12.1. The Balaban J connectivity index is 0.00000169. The lowest BCUT2D eigenvalue weighted by Crippen LogP contribution is -2.53. The lowest BCUT2D eigenvalue weighted by Gasteiger charge is -2.29. The Bertz CT molecular complexity index is 210. The minimum Gasteiger partial charge on any atom is -0.480 e. The summed E-state index contributed by atoms with van der Waals surface area (Å²) in [7, 11) is 0. The Labute approximate surface area is 85.1 Å². The van der Waals surface area contributed by atoms with Crippen LogP contribution in [0.2, 0.25) is 0 Å². The van der Waals surface area contributed by atoms with Gasteiger partial charge in [0.1, 0.15) is 12.1 Å². The van der Waals surface area contributed by atoms with Crippen LogP contribution in [0.3, 0.4) is 0 Å². The zero-order valence-electron chi connectivity index (χ0n) is 7.17. The molecule has 3 nitrogen and oxygen atoms in total. The maximum Gasteiger partial charge on any atom is 0.403 e. The first-order valence-corrected chi connectivity index (χ1v) is 3.97. The standard InChI is InChI=1S/C7H10F3NO2.ClH/c8-7(9,10)5-3-1-2-4(11-5)6(12)13;/h4-5,11H,1-3H2,(H,12,13);1H/t4-,5+;/m0./s1. The van der Waals surface area contributed by atoms with E-state index in [1.807, 2.05) is 0 Å². The van der Waals surface area contributed by atoms with Crippen LogP contribution in [0.5, 0.6) is 0 Å². The molecule has 0 aliphatic carbocycles. The van der Waals surface area contributed by atoms with Crippen molar-refractivity contribution in [3.8, 4) is 0 Å². The van der Waals surface area contributed by atoms with E-state index in [1.165, 1.54) is 0 Å². The monoisotopic (exact) mass is 233 g/mol. The first-order valence-electron chi connectivity index (χ1n) is 3.97. The summed E-state index contributed by atoms with van der Waals surface area (Å²) in [5, 5.41) is 10.6. The molecule has 2 atom stereocenters. The van der Waals surface area contributed by atoms with Crippen molar-refractivity contribution < 1.29 is 23.1 Å². The third kappa shape index (κ3) is 3.34. The van der Waals surface area contributed by atoms with Crippen molar-refractivity contribution in [2.75, 3.05) is 0 Å². The largest absolute Gasteiger partial charge is 0.480 e. The highest BCUT2D eigenvalue weighted by molar-refractivity contribution is 5.85. The molecule has 7 heteroatoms. The van der Waals surface area contributed by atoms with Crippen molar-refractivity contribution in [2.45, 2.75) is 37.5 Å². The Morgan fingerprint density at radius 3 is 2.36 bits per heavy atom. The highest BCUT2D eigenvalue weighted by Gasteiger charge is 2.43. The van der Waals surface area contributed by atoms with Crippen molar-refractivity contribution in [1.82, 2.24) is 5.32 Å². The Morgan fingerprint density at radius 2 is 1.93 bits per heavy atom. The molecule has 0 aromatic rings. The van der Waals surface area contributed by atoms with Crippen LogP contribution in [0, 0.1) is 0 Å². The molecule has 1 aliphatic rings. The predicted octanol–water partition coefficient (Wildman–Crippen LogP) is 1.57. The highest BCUT2D eigenvalue weighted by Crippen LogP contribution is 2.27. The fourth-order valence-corrected chi connectivity index (χ4v) is 1.39. The van der Waals surface area contributed by atoms with Crippen LogP contribution in [0.1, 0.15) is 19.3 Å². The second-order valence-corrected chi connectivity index (χ2v) is 3.08. The zero-order valence-corrected chi connectivity index (χ0v) is 7.99. The van der Waals surface area contributed by atoms with E-state index in [-0.39, 0.29) is 25.2 Å². The number of piperidine rings is 1. The number of carboxylic acids is 1. The molecule has 0 radical (unpaired) electrons. The van der Waals surface area contributed by atoms with Crippen LogP contribution >= 0.6 is 12.4 Å². The quantitative estimate of drug-likeness (QED) is 0.723. The van der Waals surface area contributed by atoms with Gasteiger partial charge < -0.3 is 5.11 Å². The van der Waals surface area contributed by atoms with Crippen LogP contribution in [-0.4, -0.2) is 29.3 Å². The lowest BCUT2D eigenvalue weighted by molar-refractivity contribution is -0.167. The summed E-state index contributed by atoms with van der Waals surface area (Å²) >= 11 is 0. The van der Waals surface area contributed by atoms with Crippen molar-refractivity contribution in [3.05, 3.63) is 0 Å². The average Bonchev–Trinajstić information content (AvgIpc) is 2.03. The van der Waals surface area contributed by atoms with Gasteiger partial charge in [-0.2, -0.15) is 13.2 Å². The van der Waals surface area contributed by atoms with E-state index in [9.17, 15) is 18.0 Å². The predicted molar refractivity (Wildman–Crippen MR) is 45.5 cm³/mol. The molecule has 0 spiro atoms. The fourth-order valence-electron chi connectivity index (χ4n) is 1.39. The normalized spacial score (nSPS) is 27.9. The number of halogens is 4. The van der Waals surface area contributed by atoms with Crippen LogP contribution < -0.4 is 5.32 Å². The first kappa shape index (κ1) is 13.5. The van der Waals surface area contributed by atoms with Gasteiger partial charge in [-0.3, -0.25) is 10.1 Å². The minimum atomic E-state index is -4.34. The summed E-state index contributed by atoms with van der Waals surface area (Å²) in [6, 6.07) is -2.72. The summed E-state index contributed by atoms with van der Waals surface area (Å²) in [6.45, 7) is 0. The maximum atomic E-state index is 12.1. The molecule has 1 aliphatic heterocycles. The molecule has 0 amide bonds. The average molecular weight is 234 g/mol. The van der Waals surface area contributed by atoms with Gasteiger partial charge in [0.25, 0.3) is 0 Å². The topological polar surface area (TPSA) is 49.3 Å². The van der Waals surface area contributed by atoms with E-state index >= 15 is 0 Å². The number of nitrogens with one attached hydrogen (secondary N) is 1. The smallest absolute Gasteiger partial charge is 0.403 e. The molecule has 1 fully saturated rings. The van der Waals surface area contributed by atoms with Crippen LogP contribution in [0.15, 0.2) is 0 Å². The van der Waals surface area contributed by atoms with Crippen molar-refractivity contribution in [3.63, 3.8) is 0 Å². The molecule has 0 bridgehead atoms. The van der Waals surface area contributed by atoms with E-state index < -0.39 is 24.2 Å². The SMILES string of the molecule is Cl.O=C(O)[C@@H]1CCC[C@H](C(F)(F)F)N1. The number of alkyl halides is 3. The van der Waals surface area contributed by atoms with Gasteiger partial charge in [-0.25, -0.2) is 0 Å². The Hall–Kier alpha value is -0.490. The zero-order chi connectivity index (χ0) is 10.1. The van der Waals surface area contributed by atoms with Crippen LogP contribution in [-0.2, 0) is 4.79 Å². The van der Waals surface area contributed by atoms with Gasteiger partial charge in [0.05, 0.1) is 0 Å². The molecule has 1 saturated heterocycles.